The lowest BCUT2D eigenvalue weighted by molar-refractivity contribution is 0.192. The molecule has 1 aliphatic carbocycles. The Morgan fingerprint density at radius 3 is 2.95 bits per heavy atom. The molecule has 1 N–H and O–H groups in total. The molecule has 3 rings (SSSR count). The summed E-state index contributed by atoms with van der Waals surface area (Å²) in [5.41, 5.74) is 1.85. The molecule has 5 heteroatoms. The van der Waals surface area contributed by atoms with E-state index in [1.165, 1.54) is 19.3 Å². The van der Waals surface area contributed by atoms with Crippen LogP contribution in [0.4, 0.5) is 4.79 Å². The third-order valence-corrected chi connectivity index (χ3v) is 3.83. The third kappa shape index (κ3) is 2.76. The number of amides is 1. The minimum Gasteiger partial charge on any atom is -0.410 e. The van der Waals surface area contributed by atoms with Crippen LogP contribution in [0.15, 0.2) is 24.5 Å². The van der Waals surface area contributed by atoms with Crippen molar-refractivity contribution >= 4 is 17.1 Å². The lowest BCUT2D eigenvalue weighted by Crippen LogP contribution is -2.37. The van der Waals surface area contributed by atoms with E-state index in [-0.39, 0.29) is 12.1 Å². The second-order valence-corrected chi connectivity index (χ2v) is 5.37. The first-order chi connectivity index (χ1) is 9.72. The van der Waals surface area contributed by atoms with Crippen molar-refractivity contribution in [1.29, 1.82) is 0 Å². The maximum atomic E-state index is 11.9. The summed E-state index contributed by atoms with van der Waals surface area (Å²) in [6.45, 7) is 0. The van der Waals surface area contributed by atoms with Crippen LogP contribution in [0.3, 0.4) is 0 Å². The zero-order valence-electron chi connectivity index (χ0n) is 11.6. The van der Waals surface area contributed by atoms with Gasteiger partial charge in [0.05, 0.1) is 17.4 Å². The Bertz CT molecular complexity index is 615. The van der Waals surface area contributed by atoms with Crippen LogP contribution in [-0.4, -0.2) is 21.7 Å². The fourth-order valence-corrected chi connectivity index (χ4v) is 2.73. The first-order valence-electron chi connectivity index (χ1n) is 7.12. The van der Waals surface area contributed by atoms with Crippen LogP contribution in [0, 0.1) is 0 Å². The van der Waals surface area contributed by atoms with Crippen molar-refractivity contribution in [1.82, 2.24) is 14.9 Å². The first kappa shape index (κ1) is 13.0. The van der Waals surface area contributed by atoms with Gasteiger partial charge in [0.1, 0.15) is 5.75 Å². The molecular formula is C15H19N3O2. The number of imidazole rings is 1. The van der Waals surface area contributed by atoms with Gasteiger partial charge in [0.25, 0.3) is 0 Å². The average molecular weight is 273 g/mol. The fraction of sp³-hybridized carbons (Fsp3) is 0.467. The van der Waals surface area contributed by atoms with Gasteiger partial charge in [0, 0.05) is 19.2 Å². The zero-order valence-corrected chi connectivity index (χ0v) is 11.6. The number of benzene rings is 1. The monoisotopic (exact) mass is 273 g/mol. The number of hydrogen-bond donors (Lipinski definition) is 1. The van der Waals surface area contributed by atoms with Crippen LogP contribution in [0.2, 0.25) is 0 Å². The molecule has 1 amide bonds. The molecule has 0 spiro atoms. The van der Waals surface area contributed by atoms with Crippen molar-refractivity contribution in [2.24, 2.45) is 7.05 Å². The van der Waals surface area contributed by atoms with E-state index < -0.39 is 0 Å². The van der Waals surface area contributed by atoms with Crippen LogP contribution in [0.25, 0.3) is 11.0 Å². The van der Waals surface area contributed by atoms with E-state index >= 15 is 0 Å². The van der Waals surface area contributed by atoms with E-state index in [0.717, 1.165) is 23.9 Å². The Balaban J connectivity index is 1.64. The number of fused-ring (bicyclic) bond motifs is 1. The highest BCUT2D eigenvalue weighted by molar-refractivity contribution is 5.78. The quantitative estimate of drug-likeness (QED) is 0.915. The SMILES string of the molecule is Cn1cnc2cc(OC(=O)NC3CCCCC3)ccc21. The van der Waals surface area contributed by atoms with Crippen LogP contribution < -0.4 is 10.1 Å². The van der Waals surface area contributed by atoms with Gasteiger partial charge in [-0.3, -0.25) is 0 Å². The number of rotatable bonds is 2. The van der Waals surface area contributed by atoms with Gasteiger partial charge >= 0.3 is 6.09 Å². The molecule has 2 aromatic rings. The van der Waals surface area contributed by atoms with E-state index in [0.29, 0.717) is 5.75 Å². The highest BCUT2D eigenvalue weighted by Crippen LogP contribution is 2.20. The Hall–Kier alpha value is -2.04. The van der Waals surface area contributed by atoms with Crippen LogP contribution in [0.5, 0.6) is 5.75 Å². The summed E-state index contributed by atoms with van der Waals surface area (Å²) in [6, 6.07) is 5.75. The predicted octanol–water partition coefficient (Wildman–Crippen LogP) is 2.99. The third-order valence-electron chi connectivity index (χ3n) is 3.83. The minimum absolute atomic E-state index is 0.259. The van der Waals surface area contributed by atoms with Gasteiger partial charge in [-0.15, -0.1) is 0 Å². The molecule has 1 aromatic heterocycles. The number of aromatic nitrogens is 2. The number of nitrogens with zero attached hydrogens (tertiary/aromatic N) is 2. The van der Waals surface area contributed by atoms with Gasteiger partial charge < -0.3 is 14.6 Å². The van der Waals surface area contributed by atoms with Crippen molar-refractivity contribution in [3.8, 4) is 5.75 Å². The molecule has 106 valence electrons. The fourth-order valence-electron chi connectivity index (χ4n) is 2.73. The maximum Gasteiger partial charge on any atom is 0.412 e. The molecule has 5 nitrogen and oxygen atoms in total. The van der Waals surface area contributed by atoms with E-state index in [1.54, 1.807) is 18.5 Å². The van der Waals surface area contributed by atoms with Crippen molar-refractivity contribution in [2.45, 2.75) is 38.1 Å². The summed E-state index contributed by atoms with van der Waals surface area (Å²) < 4.78 is 7.27. The molecule has 1 fully saturated rings. The van der Waals surface area contributed by atoms with Crippen molar-refractivity contribution in [3.63, 3.8) is 0 Å². The van der Waals surface area contributed by atoms with Crippen LogP contribution in [-0.2, 0) is 7.05 Å². The summed E-state index contributed by atoms with van der Waals surface area (Å²) in [5.74, 6) is 0.532. The molecule has 0 unspecified atom stereocenters. The standard InChI is InChI=1S/C15H19N3O2/c1-18-10-16-13-9-12(7-8-14(13)18)20-15(19)17-11-5-3-2-4-6-11/h7-11H,2-6H2,1H3,(H,17,19). The first-order valence-corrected chi connectivity index (χ1v) is 7.12. The molecule has 0 radical (unpaired) electrons. The summed E-state index contributed by atoms with van der Waals surface area (Å²) in [6.07, 6.45) is 7.12. The van der Waals surface area contributed by atoms with E-state index in [1.807, 2.05) is 17.7 Å². The molecule has 1 aliphatic rings. The molecule has 0 aliphatic heterocycles. The van der Waals surface area contributed by atoms with Gasteiger partial charge in [-0.2, -0.15) is 0 Å². The molecule has 1 saturated carbocycles. The summed E-state index contributed by atoms with van der Waals surface area (Å²) in [4.78, 5) is 16.1. The maximum absolute atomic E-state index is 11.9. The Morgan fingerprint density at radius 2 is 2.15 bits per heavy atom. The second kappa shape index (κ2) is 5.53. The van der Waals surface area contributed by atoms with Crippen LogP contribution in [0.1, 0.15) is 32.1 Å². The molecule has 1 heterocycles. The zero-order chi connectivity index (χ0) is 13.9. The largest absolute Gasteiger partial charge is 0.412 e. The minimum atomic E-state index is -0.368. The Morgan fingerprint density at radius 1 is 1.35 bits per heavy atom. The Kier molecular flexibility index (Phi) is 3.58. The van der Waals surface area contributed by atoms with Gasteiger partial charge in [0.2, 0.25) is 0 Å². The molecule has 20 heavy (non-hydrogen) atoms. The number of carbonyl (C=O) groups excluding carboxylic acids is 1. The topological polar surface area (TPSA) is 56.2 Å². The highest BCUT2D eigenvalue weighted by Gasteiger charge is 2.16. The molecule has 0 saturated heterocycles. The number of ether oxygens (including phenoxy) is 1. The molecule has 0 atom stereocenters. The summed E-state index contributed by atoms with van der Waals surface area (Å²) >= 11 is 0. The van der Waals surface area contributed by atoms with Crippen LogP contribution >= 0.6 is 0 Å². The van der Waals surface area contributed by atoms with Crippen molar-refractivity contribution < 1.29 is 9.53 Å². The number of aryl methyl sites for hydroxylation is 1. The van der Waals surface area contributed by atoms with Gasteiger partial charge in [0.15, 0.2) is 0 Å². The van der Waals surface area contributed by atoms with E-state index in [4.69, 9.17) is 4.74 Å². The van der Waals surface area contributed by atoms with Gasteiger partial charge in [-0.05, 0) is 25.0 Å². The Labute approximate surface area is 117 Å². The normalized spacial score (nSPS) is 16.2. The van der Waals surface area contributed by atoms with Gasteiger partial charge in [-0.1, -0.05) is 19.3 Å². The molecule has 1 aromatic carbocycles. The van der Waals surface area contributed by atoms with Gasteiger partial charge in [-0.25, -0.2) is 9.78 Å². The average Bonchev–Trinajstić information content (AvgIpc) is 2.81. The number of hydrogen-bond acceptors (Lipinski definition) is 3. The van der Waals surface area contributed by atoms with E-state index in [2.05, 4.69) is 10.3 Å². The molecular weight excluding hydrogens is 254 g/mol. The molecule has 0 bridgehead atoms. The lowest BCUT2D eigenvalue weighted by atomic mass is 9.96. The summed E-state index contributed by atoms with van der Waals surface area (Å²) in [5, 5.41) is 2.93. The predicted molar refractivity (Wildman–Crippen MR) is 76.7 cm³/mol. The summed E-state index contributed by atoms with van der Waals surface area (Å²) in [7, 11) is 1.94. The van der Waals surface area contributed by atoms with E-state index in [9.17, 15) is 4.79 Å². The second-order valence-electron chi connectivity index (χ2n) is 5.37. The number of nitrogens with one attached hydrogen (secondary N) is 1. The highest BCUT2D eigenvalue weighted by atomic mass is 16.6. The van der Waals surface area contributed by atoms with Crippen molar-refractivity contribution in [2.75, 3.05) is 0 Å². The lowest BCUT2D eigenvalue weighted by Gasteiger charge is -2.22. The number of carbonyl (C=O) groups is 1. The van der Waals surface area contributed by atoms with Crippen molar-refractivity contribution in [3.05, 3.63) is 24.5 Å². The smallest absolute Gasteiger partial charge is 0.410 e.